The Morgan fingerprint density at radius 2 is 2.00 bits per heavy atom. The maximum Gasteiger partial charge on any atom is 0.253 e. The van der Waals surface area contributed by atoms with Crippen molar-refractivity contribution >= 4 is 22.5 Å². The first-order valence-corrected chi connectivity index (χ1v) is 13.0. The second-order valence-corrected chi connectivity index (χ2v) is 9.37. The Morgan fingerprint density at radius 1 is 1.13 bits per heavy atom. The van der Waals surface area contributed by atoms with Gasteiger partial charge in [-0.25, -0.2) is 4.68 Å². The molecule has 0 fully saturated rings. The second-order valence-electron chi connectivity index (χ2n) is 8.97. The molecule has 0 aliphatic heterocycles. The molecule has 0 amide bonds. The molecule has 1 unspecified atom stereocenters. The Hall–Kier alpha value is -3.99. The molecule has 3 aromatic heterocycles. The zero-order chi connectivity index (χ0) is 27.2. The summed E-state index contributed by atoms with van der Waals surface area (Å²) >= 11 is 6.59. The third-order valence-corrected chi connectivity index (χ3v) is 6.77. The quantitative estimate of drug-likeness (QED) is 0.241. The molecule has 1 N–H and O–H groups in total. The summed E-state index contributed by atoms with van der Waals surface area (Å²) < 4.78 is 18.4. The second kappa shape index (κ2) is 12.2. The number of halogens is 1. The summed E-state index contributed by atoms with van der Waals surface area (Å²) in [5.41, 5.74) is 1.82. The van der Waals surface area contributed by atoms with Crippen LogP contribution in [0.1, 0.15) is 35.7 Å². The molecule has 39 heavy (non-hydrogen) atoms. The van der Waals surface area contributed by atoms with E-state index in [2.05, 4.69) is 25.4 Å². The number of aromatic amines is 1. The highest BCUT2D eigenvalue weighted by Crippen LogP contribution is 2.32. The van der Waals surface area contributed by atoms with E-state index in [0.717, 1.165) is 16.7 Å². The number of hydrogen-bond acceptors (Lipinski definition) is 8. The molecule has 0 aliphatic carbocycles. The molecule has 5 rings (SSSR count). The average molecular weight is 549 g/mol. The summed E-state index contributed by atoms with van der Waals surface area (Å²) in [7, 11) is 1.62. The predicted molar refractivity (Wildman–Crippen MR) is 147 cm³/mol. The number of aromatic nitrogens is 5. The maximum absolute atomic E-state index is 13.7. The number of fused-ring (bicyclic) bond motifs is 1. The summed E-state index contributed by atoms with van der Waals surface area (Å²) in [4.78, 5) is 18.8. The Kier molecular flexibility index (Phi) is 8.36. The van der Waals surface area contributed by atoms with Crippen molar-refractivity contribution in [1.82, 2.24) is 30.1 Å². The number of rotatable bonds is 12. The van der Waals surface area contributed by atoms with E-state index in [1.165, 1.54) is 0 Å². The number of furan rings is 1. The molecule has 0 bridgehead atoms. The molecule has 0 saturated heterocycles. The summed E-state index contributed by atoms with van der Waals surface area (Å²) in [6.45, 7) is 4.05. The minimum Gasteiger partial charge on any atom is -0.494 e. The minimum absolute atomic E-state index is 0.249. The van der Waals surface area contributed by atoms with Gasteiger partial charge in [-0.05, 0) is 65.4 Å². The number of hydrogen-bond donors (Lipinski definition) is 1. The Balaban J connectivity index is 1.69. The van der Waals surface area contributed by atoms with Crippen molar-refractivity contribution in [3.05, 3.63) is 105 Å². The van der Waals surface area contributed by atoms with E-state index in [-0.39, 0.29) is 5.56 Å². The standard InChI is InChI=1S/C28H29ClN6O4/c1-3-38-21-10-11-25-20(15-21)16-23(28(36)30-25)26(27-31-32-33-35(27)12-14-37-2)34(18-22-8-6-13-39-22)17-19-7-4-5-9-24(19)29/h4-11,13,15-16,26H,3,12,14,17-18H2,1-2H3,(H,30,36). The summed E-state index contributed by atoms with van der Waals surface area (Å²) in [5, 5.41) is 14.0. The highest BCUT2D eigenvalue weighted by Gasteiger charge is 2.31. The molecule has 10 nitrogen and oxygen atoms in total. The molecule has 0 spiro atoms. The van der Waals surface area contributed by atoms with E-state index >= 15 is 0 Å². The van der Waals surface area contributed by atoms with Gasteiger partial charge in [-0.1, -0.05) is 29.8 Å². The van der Waals surface area contributed by atoms with Crippen molar-refractivity contribution in [3.63, 3.8) is 0 Å². The van der Waals surface area contributed by atoms with Gasteiger partial charge < -0.3 is 18.9 Å². The number of pyridine rings is 1. The lowest BCUT2D eigenvalue weighted by Gasteiger charge is -2.30. The molecule has 0 aliphatic rings. The zero-order valence-corrected chi connectivity index (χ0v) is 22.5. The van der Waals surface area contributed by atoms with E-state index in [0.29, 0.717) is 60.5 Å². The third kappa shape index (κ3) is 6.03. The zero-order valence-electron chi connectivity index (χ0n) is 21.7. The van der Waals surface area contributed by atoms with Crippen LogP contribution in [0.4, 0.5) is 0 Å². The fraction of sp³-hybridized carbons (Fsp3) is 0.286. The fourth-order valence-corrected chi connectivity index (χ4v) is 4.79. The first-order chi connectivity index (χ1) is 19.1. The van der Waals surface area contributed by atoms with E-state index in [9.17, 15) is 4.79 Å². The molecular formula is C28H29ClN6O4. The summed E-state index contributed by atoms with van der Waals surface area (Å²) in [6, 6.07) is 18.2. The molecule has 11 heteroatoms. The van der Waals surface area contributed by atoms with Crippen LogP contribution < -0.4 is 10.3 Å². The van der Waals surface area contributed by atoms with Crippen LogP contribution in [-0.4, -0.2) is 50.4 Å². The number of tetrazole rings is 1. The van der Waals surface area contributed by atoms with Crippen LogP contribution in [0.25, 0.3) is 10.9 Å². The van der Waals surface area contributed by atoms with E-state index in [1.807, 2.05) is 67.6 Å². The Labute approximate surface area is 230 Å². The van der Waals surface area contributed by atoms with E-state index < -0.39 is 6.04 Å². The van der Waals surface area contributed by atoms with Crippen LogP contribution in [-0.2, 0) is 24.4 Å². The van der Waals surface area contributed by atoms with Crippen LogP contribution in [0.15, 0.2) is 76.1 Å². The van der Waals surface area contributed by atoms with Gasteiger partial charge in [-0.2, -0.15) is 0 Å². The van der Waals surface area contributed by atoms with Crippen molar-refractivity contribution in [2.45, 2.75) is 32.6 Å². The Bertz CT molecular complexity index is 1580. The molecule has 3 heterocycles. The predicted octanol–water partition coefficient (Wildman–Crippen LogP) is 4.60. The van der Waals surface area contributed by atoms with Crippen LogP contribution in [0.2, 0.25) is 5.02 Å². The molecular weight excluding hydrogens is 520 g/mol. The van der Waals surface area contributed by atoms with Crippen molar-refractivity contribution in [3.8, 4) is 5.75 Å². The van der Waals surface area contributed by atoms with Crippen LogP contribution in [0.5, 0.6) is 5.75 Å². The fourth-order valence-electron chi connectivity index (χ4n) is 4.59. The SMILES string of the molecule is CCOc1ccc2[nH]c(=O)c(C(c3nnnn3CCOC)N(Cc3ccco3)Cc3ccccc3Cl)cc2c1. The van der Waals surface area contributed by atoms with Crippen LogP contribution in [0.3, 0.4) is 0 Å². The number of nitrogens with one attached hydrogen (secondary N) is 1. The van der Waals surface area contributed by atoms with Crippen LogP contribution in [0, 0.1) is 0 Å². The first-order valence-electron chi connectivity index (χ1n) is 12.6. The van der Waals surface area contributed by atoms with Crippen molar-refractivity contribution in [2.75, 3.05) is 20.3 Å². The number of H-pyrrole nitrogens is 1. The van der Waals surface area contributed by atoms with Gasteiger partial charge in [0.15, 0.2) is 5.82 Å². The van der Waals surface area contributed by atoms with Gasteiger partial charge in [0.2, 0.25) is 0 Å². The Morgan fingerprint density at radius 3 is 2.77 bits per heavy atom. The average Bonchev–Trinajstić information content (AvgIpc) is 3.62. The number of ether oxygens (including phenoxy) is 2. The van der Waals surface area contributed by atoms with Gasteiger partial charge in [-0.15, -0.1) is 5.10 Å². The number of methoxy groups -OCH3 is 1. The molecule has 1 atom stereocenters. The van der Waals surface area contributed by atoms with Crippen molar-refractivity contribution in [1.29, 1.82) is 0 Å². The molecule has 2 aromatic carbocycles. The van der Waals surface area contributed by atoms with Gasteiger partial charge in [0.1, 0.15) is 17.6 Å². The van der Waals surface area contributed by atoms with Gasteiger partial charge in [0.05, 0.1) is 32.6 Å². The van der Waals surface area contributed by atoms with Gasteiger partial charge >= 0.3 is 0 Å². The van der Waals surface area contributed by atoms with E-state index in [4.69, 9.17) is 25.5 Å². The van der Waals surface area contributed by atoms with Crippen LogP contribution >= 0.6 is 11.6 Å². The largest absolute Gasteiger partial charge is 0.494 e. The van der Waals surface area contributed by atoms with Gasteiger partial charge in [-0.3, -0.25) is 9.69 Å². The lowest BCUT2D eigenvalue weighted by molar-refractivity contribution is 0.163. The normalized spacial score (nSPS) is 12.3. The molecule has 5 aromatic rings. The van der Waals surface area contributed by atoms with Crippen molar-refractivity contribution in [2.24, 2.45) is 0 Å². The topological polar surface area (TPSA) is 111 Å². The smallest absolute Gasteiger partial charge is 0.253 e. The lowest BCUT2D eigenvalue weighted by atomic mass is 10.0. The summed E-state index contributed by atoms with van der Waals surface area (Å²) in [5.74, 6) is 1.93. The lowest BCUT2D eigenvalue weighted by Crippen LogP contribution is -2.35. The monoisotopic (exact) mass is 548 g/mol. The highest BCUT2D eigenvalue weighted by molar-refractivity contribution is 6.31. The third-order valence-electron chi connectivity index (χ3n) is 6.40. The first kappa shape index (κ1) is 26.6. The molecule has 0 saturated carbocycles. The van der Waals surface area contributed by atoms with Gasteiger partial charge in [0, 0.05) is 35.1 Å². The molecule has 0 radical (unpaired) electrons. The van der Waals surface area contributed by atoms with Gasteiger partial charge in [0.25, 0.3) is 5.56 Å². The maximum atomic E-state index is 13.7. The minimum atomic E-state index is -0.651. The van der Waals surface area contributed by atoms with E-state index in [1.54, 1.807) is 18.1 Å². The number of benzene rings is 2. The molecule has 202 valence electrons. The highest BCUT2D eigenvalue weighted by atomic mass is 35.5. The summed E-state index contributed by atoms with van der Waals surface area (Å²) in [6.07, 6.45) is 1.62. The van der Waals surface area contributed by atoms with Crippen molar-refractivity contribution < 1.29 is 13.9 Å². The number of nitrogens with zero attached hydrogens (tertiary/aromatic N) is 5.